The second-order valence-corrected chi connectivity index (χ2v) is 16.0. The van der Waals surface area contributed by atoms with E-state index in [-0.39, 0.29) is 31.6 Å². The van der Waals surface area contributed by atoms with E-state index in [1.54, 1.807) is 6.92 Å². The maximum Gasteiger partial charge on any atom is 0.511 e. The van der Waals surface area contributed by atoms with Crippen molar-refractivity contribution >= 4 is 42.8 Å². The van der Waals surface area contributed by atoms with Gasteiger partial charge in [0.2, 0.25) is 6.79 Å². The van der Waals surface area contributed by atoms with Crippen LogP contribution in [-0.2, 0) is 39.2 Å². The van der Waals surface area contributed by atoms with Gasteiger partial charge in [-0.25, -0.2) is 9.59 Å². The largest absolute Gasteiger partial charge is 0.511 e. The Labute approximate surface area is 314 Å². The van der Waals surface area contributed by atoms with Gasteiger partial charge in [-0.15, -0.1) is 0 Å². The molecule has 0 spiro atoms. The monoisotopic (exact) mass is 753 g/mol. The number of esters is 1. The summed E-state index contributed by atoms with van der Waals surface area (Å²) in [5.41, 5.74) is 4.97. The third-order valence-corrected chi connectivity index (χ3v) is 9.32. The molecule has 2 N–H and O–H groups in total. The van der Waals surface area contributed by atoms with Crippen molar-refractivity contribution in [2.24, 2.45) is 11.8 Å². The number of ether oxygens (including phenoxy) is 3. The van der Waals surface area contributed by atoms with Gasteiger partial charge < -0.3 is 38.8 Å². The summed E-state index contributed by atoms with van der Waals surface area (Å²) in [6, 6.07) is 22.3. The van der Waals surface area contributed by atoms with E-state index in [0.29, 0.717) is 29.6 Å². The van der Waals surface area contributed by atoms with Gasteiger partial charge in [-0.3, -0.25) is 9.36 Å². The fraction of sp³-hybridized carbons (Fsp3) is 0.475. The Morgan fingerprint density at radius 1 is 0.830 bits per heavy atom. The number of benzene rings is 3. The number of aryl methyl sites for hydroxylation is 1. The van der Waals surface area contributed by atoms with Crippen LogP contribution < -0.4 is 15.5 Å². The molecule has 0 heterocycles. The van der Waals surface area contributed by atoms with Crippen LogP contribution in [0.2, 0.25) is 0 Å². The lowest BCUT2D eigenvalue weighted by Gasteiger charge is -2.31. The van der Waals surface area contributed by atoms with Crippen molar-refractivity contribution in [3.8, 4) is 0 Å². The minimum Gasteiger partial charge on any atom is -0.431 e. The number of nitrogens with one attached hydrogen (secondary N) is 2. The van der Waals surface area contributed by atoms with E-state index >= 15 is 0 Å². The van der Waals surface area contributed by atoms with Crippen molar-refractivity contribution in [3.63, 3.8) is 0 Å². The lowest BCUT2D eigenvalue weighted by molar-refractivity contribution is -0.154. The second kappa shape index (κ2) is 21.4. The molecular weight excluding hydrogens is 697 g/mol. The number of rotatable bonds is 20. The van der Waals surface area contributed by atoms with Crippen LogP contribution in [-0.4, -0.2) is 57.4 Å². The highest BCUT2D eigenvalue weighted by Gasteiger charge is 2.24. The average Bonchev–Trinajstić information content (AvgIpc) is 3.09. The smallest absolute Gasteiger partial charge is 0.431 e. The number of hydrogen-bond acceptors (Lipinski definition) is 10. The molecule has 3 aromatic rings. The van der Waals surface area contributed by atoms with Crippen molar-refractivity contribution in [3.05, 3.63) is 89.5 Å². The molecule has 0 aliphatic carbocycles. The molecule has 3 rings (SSSR count). The number of nitrogens with zero attached hydrogens (tertiary/aromatic N) is 1. The lowest BCUT2D eigenvalue weighted by Crippen LogP contribution is -2.32. The Bertz CT molecular complexity index is 1640. The topological polar surface area (TPSA) is 142 Å². The second-order valence-electron chi connectivity index (χ2n) is 14.0. The summed E-state index contributed by atoms with van der Waals surface area (Å²) in [4.78, 5) is 40.5. The van der Waals surface area contributed by atoms with E-state index in [1.807, 2.05) is 86.6 Å². The van der Waals surface area contributed by atoms with Crippen LogP contribution in [0.3, 0.4) is 0 Å². The molecule has 0 aromatic heterocycles. The van der Waals surface area contributed by atoms with Gasteiger partial charge >= 0.3 is 25.8 Å². The lowest BCUT2D eigenvalue weighted by atomic mass is 9.92. The van der Waals surface area contributed by atoms with E-state index in [2.05, 4.69) is 43.2 Å². The zero-order chi connectivity index (χ0) is 39.0. The Hall–Kier alpha value is -4.38. The summed E-state index contributed by atoms with van der Waals surface area (Å²) >= 11 is 0. The van der Waals surface area contributed by atoms with Gasteiger partial charge in [0, 0.05) is 25.4 Å². The molecule has 1 unspecified atom stereocenters. The third-order valence-electron chi connectivity index (χ3n) is 7.98. The molecule has 53 heavy (non-hydrogen) atoms. The van der Waals surface area contributed by atoms with Crippen LogP contribution in [0, 0.1) is 18.8 Å². The summed E-state index contributed by atoms with van der Waals surface area (Å²) in [5.74, 6) is -0.0333. The Morgan fingerprint density at radius 2 is 1.49 bits per heavy atom. The summed E-state index contributed by atoms with van der Waals surface area (Å²) in [5, 5.41) is 5.96. The highest BCUT2D eigenvalue weighted by atomic mass is 31.2. The van der Waals surface area contributed by atoms with Crippen molar-refractivity contribution in [2.45, 2.75) is 79.9 Å². The van der Waals surface area contributed by atoms with Crippen molar-refractivity contribution in [1.82, 2.24) is 0 Å². The molecule has 0 bridgehead atoms. The van der Waals surface area contributed by atoms with Gasteiger partial charge in [0.05, 0.1) is 30.5 Å². The summed E-state index contributed by atoms with van der Waals surface area (Å²) in [6.07, 6.45) is -1.18. The van der Waals surface area contributed by atoms with Gasteiger partial charge in [-0.05, 0) is 73.4 Å². The predicted molar refractivity (Wildman–Crippen MR) is 209 cm³/mol. The quantitative estimate of drug-likeness (QED) is 0.0651. The zero-order valence-electron chi connectivity index (χ0n) is 32.3. The first-order chi connectivity index (χ1) is 25.1. The normalized spacial score (nSPS) is 13.5. The number of carbonyl (C=O) groups excluding carboxylic acids is 3. The van der Waals surface area contributed by atoms with Crippen LogP contribution in [0.4, 0.5) is 26.7 Å². The highest BCUT2D eigenvalue weighted by molar-refractivity contribution is 7.52. The van der Waals surface area contributed by atoms with Gasteiger partial charge in [0.1, 0.15) is 6.61 Å². The molecule has 12 nitrogen and oxygen atoms in total. The molecule has 3 atom stereocenters. The molecule has 3 aromatic carbocycles. The van der Waals surface area contributed by atoms with E-state index < -0.39 is 32.6 Å². The molecule has 0 saturated carbocycles. The molecule has 0 fully saturated rings. The standard InChI is InChI=1S/C40H56N3O9P/c1-9-33(22-38(44)49-27-50-40(46)48-25-31(7)52-53(8,47)51-26-32-13-11-10-12-14-32)34-17-20-37(43(23-28(2)3)24-29(4)5)36(21-34)42-39(45)41-35-18-15-30(6)16-19-35/h10-21,28-29,31,33H,9,22-27H2,1-8H3,(H2,41,42,45)/t31-,33-,53?/m0/s1. The summed E-state index contributed by atoms with van der Waals surface area (Å²) < 4.78 is 38.7. The predicted octanol–water partition coefficient (Wildman–Crippen LogP) is 9.74. The molecule has 0 radical (unpaired) electrons. The number of anilines is 3. The number of hydrogen-bond donors (Lipinski definition) is 2. The molecular formula is C40H56N3O9P. The van der Waals surface area contributed by atoms with Gasteiger partial charge in [0.25, 0.3) is 0 Å². The number of urea groups is 1. The van der Waals surface area contributed by atoms with E-state index in [9.17, 15) is 18.9 Å². The maximum absolute atomic E-state index is 13.2. The Balaban J connectivity index is 1.57. The van der Waals surface area contributed by atoms with Crippen LogP contribution in [0.5, 0.6) is 0 Å². The van der Waals surface area contributed by atoms with Crippen molar-refractivity contribution in [2.75, 3.05) is 48.7 Å². The summed E-state index contributed by atoms with van der Waals surface area (Å²) in [6.45, 7) is 16.3. The first-order valence-electron chi connectivity index (χ1n) is 18.1. The van der Waals surface area contributed by atoms with E-state index in [1.165, 1.54) is 6.66 Å². The van der Waals surface area contributed by atoms with Gasteiger partial charge in [-0.1, -0.05) is 88.7 Å². The Morgan fingerprint density at radius 3 is 2.11 bits per heavy atom. The average molecular weight is 754 g/mol. The zero-order valence-corrected chi connectivity index (χ0v) is 33.2. The molecule has 0 aliphatic rings. The molecule has 13 heteroatoms. The molecule has 0 saturated heterocycles. The van der Waals surface area contributed by atoms with Gasteiger partial charge in [-0.2, -0.15) is 0 Å². The minimum atomic E-state index is -3.42. The number of amides is 2. The maximum atomic E-state index is 13.2. The fourth-order valence-corrected chi connectivity index (χ4v) is 6.70. The van der Waals surface area contributed by atoms with Crippen molar-refractivity contribution in [1.29, 1.82) is 0 Å². The van der Waals surface area contributed by atoms with E-state index in [0.717, 1.165) is 35.5 Å². The fourth-order valence-electron chi connectivity index (χ4n) is 5.54. The van der Waals surface area contributed by atoms with Crippen molar-refractivity contribution < 1.29 is 42.2 Å². The number of carbonyl (C=O) groups is 3. The SMILES string of the molecule is CC[C@@H](CC(=O)OCOC(=O)OC[C@H](C)OP(C)(=O)OCc1ccccc1)c1ccc(N(CC(C)C)CC(C)C)c(NC(=O)Nc2ccc(C)cc2)c1. The van der Waals surface area contributed by atoms with E-state index in [4.69, 9.17) is 23.3 Å². The van der Waals surface area contributed by atoms with Crippen LogP contribution in [0.25, 0.3) is 0 Å². The summed E-state index contributed by atoms with van der Waals surface area (Å²) in [7, 11) is -3.42. The molecule has 290 valence electrons. The minimum absolute atomic E-state index is 0.0185. The first kappa shape index (κ1) is 43.0. The Kier molecular flexibility index (Phi) is 17.3. The van der Waals surface area contributed by atoms with Crippen LogP contribution >= 0.6 is 7.60 Å². The highest BCUT2D eigenvalue weighted by Crippen LogP contribution is 2.46. The van der Waals surface area contributed by atoms with Crippen LogP contribution in [0.15, 0.2) is 72.8 Å². The molecule has 0 aliphatic heterocycles. The molecule has 2 amide bonds. The third kappa shape index (κ3) is 16.0. The van der Waals surface area contributed by atoms with Crippen LogP contribution in [0.1, 0.15) is 77.0 Å². The van der Waals surface area contributed by atoms with Gasteiger partial charge in [0.15, 0.2) is 0 Å². The first-order valence-corrected chi connectivity index (χ1v) is 20.1.